The van der Waals surface area contributed by atoms with Crippen LogP contribution in [0.1, 0.15) is 0 Å². The average Bonchev–Trinajstić information content (AvgIpc) is 2.46. The van der Waals surface area contributed by atoms with Crippen LogP contribution in [0.4, 0.5) is 0 Å². The van der Waals surface area contributed by atoms with Gasteiger partial charge in [0.15, 0.2) is 6.61 Å². The van der Waals surface area contributed by atoms with Crippen LogP contribution in [0.5, 0.6) is 5.88 Å². The predicted molar refractivity (Wildman–Crippen MR) is 67.0 cm³/mol. The largest absolute Gasteiger partial charge is 0.468 e. The van der Waals surface area contributed by atoms with Crippen molar-refractivity contribution >= 4 is 5.91 Å². The van der Waals surface area contributed by atoms with Crippen molar-refractivity contribution in [2.24, 2.45) is 0 Å². The molecule has 2 heterocycles. The standard InChI is InChI=1S/C13H13N3O2/c1-14-12(17)9-18-13-6-5-10(8-16-13)11-4-2-3-7-15-11/h2-8H,9H2,1H3,(H,14,17). The van der Waals surface area contributed by atoms with Gasteiger partial charge in [0.05, 0.1) is 5.69 Å². The zero-order valence-corrected chi connectivity index (χ0v) is 9.96. The number of likely N-dealkylation sites (N-methyl/N-ethyl adjacent to an activating group) is 1. The Hall–Kier alpha value is -2.43. The molecule has 0 aliphatic carbocycles. The van der Waals surface area contributed by atoms with E-state index in [1.165, 1.54) is 0 Å². The maximum Gasteiger partial charge on any atom is 0.257 e. The van der Waals surface area contributed by atoms with Crippen molar-refractivity contribution in [3.8, 4) is 17.1 Å². The van der Waals surface area contributed by atoms with Crippen LogP contribution in [0.2, 0.25) is 0 Å². The molecule has 0 aromatic carbocycles. The average molecular weight is 243 g/mol. The summed E-state index contributed by atoms with van der Waals surface area (Å²) in [5.41, 5.74) is 1.76. The maximum atomic E-state index is 11.0. The van der Waals surface area contributed by atoms with Gasteiger partial charge >= 0.3 is 0 Å². The Kier molecular flexibility index (Phi) is 3.86. The van der Waals surface area contributed by atoms with Gasteiger partial charge in [-0.05, 0) is 18.2 Å². The Morgan fingerprint density at radius 2 is 2.17 bits per heavy atom. The third-order valence-corrected chi connectivity index (χ3v) is 2.33. The first-order chi connectivity index (χ1) is 8.79. The number of nitrogens with one attached hydrogen (secondary N) is 1. The maximum absolute atomic E-state index is 11.0. The Bertz CT molecular complexity index is 512. The summed E-state index contributed by atoms with van der Waals surface area (Å²) in [7, 11) is 1.56. The summed E-state index contributed by atoms with van der Waals surface area (Å²) in [6.07, 6.45) is 3.40. The van der Waals surface area contributed by atoms with Gasteiger partial charge in [-0.25, -0.2) is 4.98 Å². The summed E-state index contributed by atoms with van der Waals surface area (Å²) in [5.74, 6) is 0.226. The van der Waals surface area contributed by atoms with E-state index in [1.54, 1.807) is 25.5 Å². The number of pyridine rings is 2. The minimum Gasteiger partial charge on any atom is -0.468 e. The zero-order chi connectivity index (χ0) is 12.8. The van der Waals surface area contributed by atoms with Gasteiger partial charge in [0, 0.05) is 31.1 Å². The third-order valence-electron chi connectivity index (χ3n) is 2.33. The van der Waals surface area contributed by atoms with E-state index < -0.39 is 0 Å². The Morgan fingerprint density at radius 3 is 2.78 bits per heavy atom. The van der Waals surface area contributed by atoms with Crippen LogP contribution >= 0.6 is 0 Å². The molecule has 92 valence electrons. The van der Waals surface area contributed by atoms with Crippen LogP contribution in [0, 0.1) is 0 Å². The summed E-state index contributed by atoms with van der Waals surface area (Å²) in [5, 5.41) is 2.47. The van der Waals surface area contributed by atoms with Crippen molar-refractivity contribution in [2.45, 2.75) is 0 Å². The highest BCUT2D eigenvalue weighted by atomic mass is 16.5. The monoisotopic (exact) mass is 243 g/mol. The lowest BCUT2D eigenvalue weighted by Gasteiger charge is -2.05. The molecular weight excluding hydrogens is 230 g/mol. The summed E-state index contributed by atoms with van der Waals surface area (Å²) in [6, 6.07) is 9.25. The number of hydrogen-bond acceptors (Lipinski definition) is 4. The Morgan fingerprint density at radius 1 is 1.28 bits per heavy atom. The molecule has 2 aromatic rings. The summed E-state index contributed by atoms with van der Waals surface area (Å²) < 4.78 is 5.21. The number of nitrogens with zero attached hydrogens (tertiary/aromatic N) is 2. The van der Waals surface area contributed by atoms with Gasteiger partial charge in [0.1, 0.15) is 0 Å². The van der Waals surface area contributed by atoms with Crippen molar-refractivity contribution in [3.05, 3.63) is 42.7 Å². The number of aromatic nitrogens is 2. The van der Waals surface area contributed by atoms with Gasteiger partial charge in [-0.15, -0.1) is 0 Å². The SMILES string of the molecule is CNC(=O)COc1ccc(-c2ccccn2)cn1. The molecule has 0 atom stereocenters. The van der Waals surface area contributed by atoms with Crippen LogP contribution in [0.15, 0.2) is 42.7 Å². The first-order valence-electron chi connectivity index (χ1n) is 5.50. The van der Waals surface area contributed by atoms with E-state index in [0.29, 0.717) is 5.88 Å². The lowest BCUT2D eigenvalue weighted by molar-refractivity contribution is -0.122. The molecule has 0 saturated carbocycles. The molecule has 0 saturated heterocycles. The van der Waals surface area contributed by atoms with Gasteiger partial charge in [-0.3, -0.25) is 9.78 Å². The fourth-order valence-electron chi connectivity index (χ4n) is 1.36. The van der Waals surface area contributed by atoms with Crippen LogP contribution < -0.4 is 10.1 Å². The van der Waals surface area contributed by atoms with Crippen LogP contribution in [0.3, 0.4) is 0 Å². The van der Waals surface area contributed by atoms with Gasteiger partial charge in [0.25, 0.3) is 5.91 Å². The molecule has 0 radical (unpaired) electrons. The fourth-order valence-corrected chi connectivity index (χ4v) is 1.36. The summed E-state index contributed by atoms with van der Waals surface area (Å²) in [6.45, 7) is -0.0353. The molecule has 1 amide bonds. The number of rotatable bonds is 4. The van der Waals surface area contributed by atoms with Gasteiger partial charge in [-0.2, -0.15) is 0 Å². The van der Waals surface area contributed by atoms with Crippen molar-refractivity contribution in [1.29, 1.82) is 0 Å². The Labute approximate surface area is 105 Å². The highest BCUT2D eigenvalue weighted by molar-refractivity contribution is 5.77. The first kappa shape index (κ1) is 12.0. The molecule has 2 rings (SSSR count). The van der Waals surface area contributed by atoms with E-state index in [1.807, 2.05) is 24.3 Å². The third kappa shape index (κ3) is 3.04. The second kappa shape index (κ2) is 5.77. The topological polar surface area (TPSA) is 64.1 Å². The Balaban J connectivity index is 2.04. The normalized spacial score (nSPS) is 9.83. The van der Waals surface area contributed by atoms with Crippen molar-refractivity contribution in [2.75, 3.05) is 13.7 Å². The fraction of sp³-hybridized carbons (Fsp3) is 0.154. The predicted octanol–water partition coefficient (Wildman–Crippen LogP) is 1.27. The van der Waals surface area contributed by atoms with Crippen molar-refractivity contribution in [3.63, 3.8) is 0 Å². The van der Waals surface area contributed by atoms with Crippen LogP contribution in [-0.2, 0) is 4.79 Å². The van der Waals surface area contributed by atoms with E-state index >= 15 is 0 Å². The molecule has 0 bridgehead atoms. The number of hydrogen-bond donors (Lipinski definition) is 1. The second-order valence-corrected chi connectivity index (χ2v) is 3.56. The minimum absolute atomic E-state index is 0.0353. The van der Waals surface area contributed by atoms with Gasteiger partial charge < -0.3 is 10.1 Å². The number of amides is 1. The van der Waals surface area contributed by atoms with E-state index in [-0.39, 0.29) is 12.5 Å². The number of ether oxygens (including phenoxy) is 1. The molecule has 1 N–H and O–H groups in total. The first-order valence-corrected chi connectivity index (χ1v) is 5.50. The molecule has 0 fully saturated rings. The van der Waals surface area contributed by atoms with E-state index in [0.717, 1.165) is 11.3 Å². The van der Waals surface area contributed by atoms with Gasteiger partial charge in [-0.1, -0.05) is 6.07 Å². The van der Waals surface area contributed by atoms with Crippen LogP contribution in [-0.4, -0.2) is 29.5 Å². The molecular formula is C13H13N3O2. The van der Waals surface area contributed by atoms with E-state index in [9.17, 15) is 4.79 Å². The summed E-state index contributed by atoms with van der Waals surface area (Å²) >= 11 is 0. The highest BCUT2D eigenvalue weighted by Gasteiger charge is 2.02. The van der Waals surface area contributed by atoms with E-state index in [4.69, 9.17) is 4.74 Å². The second-order valence-electron chi connectivity index (χ2n) is 3.56. The molecule has 5 heteroatoms. The molecule has 2 aromatic heterocycles. The lowest BCUT2D eigenvalue weighted by Crippen LogP contribution is -2.25. The lowest BCUT2D eigenvalue weighted by atomic mass is 10.2. The molecule has 0 aliphatic heterocycles. The molecule has 5 nitrogen and oxygen atoms in total. The van der Waals surface area contributed by atoms with Crippen molar-refractivity contribution in [1.82, 2.24) is 15.3 Å². The van der Waals surface area contributed by atoms with E-state index in [2.05, 4.69) is 15.3 Å². The molecule has 0 unspecified atom stereocenters. The zero-order valence-electron chi connectivity index (χ0n) is 9.96. The minimum atomic E-state index is -0.189. The smallest absolute Gasteiger partial charge is 0.257 e. The number of carbonyl (C=O) groups is 1. The highest BCUT2D eigenvalue weighted by Crippen LogP contribution is 2.17. The molecule has 0 aliphatic rings. The van der Waals surface area contributed by atoms with Crippen molar-refractivity contribution < 1.29 is 9.53 Å². The quantitative estimate of drug-likeness (QED) is 0.878. The molecule has 0 spiro atoms. The molecule has 18 heavy (non-hydrogen) atoms. The van der Waals surface area contributed by atoms with Crippen LogP contribution in [0.25, 0.3) is 11.3 Å². The van der Waals surface area contributed by atoms with Gasteiger partial charge in [0.2, 0.25) is 5.88 Å². The number of carbonyl (C=O) groups excluding carboxylic acids is 1. The summed E-state index contributed by atoms with van der Waals surface area (Å²) in [4.78, 5) is 19.3.